The van der Waals surface area contributed by atoms with E-state index in [0.717, 1.165) is 17.7 Å². The van der Waals surface area contributed by atoms with E-state index in [4.69, 9.17) is 0 Å². The Balaban J connectivity index is 1.81. The van der Waals surface area contributed by atoms with Gasteiger partial charge < -0.3 is 15.7 Å². The molecule has 0 saturated carbocycles. The van der Waals surface area contributed by atoms with Crippen LogP contribution in [0.4, 0.5) is 13.6 Å². The fourth-order valence-corrected chi connectivity index (χ4v) is 2.29. The van der Waals surface area contributed by atoms with Gasteiger partial charge in [-0.3, -0.25) is 0 Å². The van der Waals surface area contributed by atoms with E-state index in [9.17, 15) is 18.7 Å². The Morgan fingerprint density at radius 2 is 1.83 bits per heavy atom. The summed E-state index contributed by atoms with van der Waals surface area (Å²) in [4.78, 5) is 11.8. The molecule has 2 amide bonds. The van der Waals surface area contributed by atoms with Gasteiger partial charge in [0.2, 0.25) is 0 Å². The number of aliphatic hydroxyl groups excluding tert-OH is 1. The number of carbonyl (C=O) groups is 1. The Labute approximate surface area is 139 Å². The van der Waals surface area contributed by atoms with Crippen molar-refractivity contribution in [3.05, 3.63) is 71.3 Å². The first-order valence-corrected chi connectivity index (χ1v) is 7.68. The van der Waals surface area contributed by atoms with E-state index in [2.05, 4.69) is 10.6 Å². The highest BCUT2D eigenvalue weighted by atomic mass is 19.2. The zero-order valence-corrected chi connectivity index (χ0v) is 13.3. The van der Waals surface area contributed by atoms with Crippen LogP contribution in [0.3, 0.4) is 0 Å². The zero-order valence-electron chi connectivity index (χ0n) is 13.3. The molecule has 3 N–H and O–H groups in total. The lowest BCUT2D eigenvalue weighted by Crippen LogP contribution is -2.44. The van der Waals surface area contributed by atoms with Crippen molar-refractivity contribution in [2.24, 2.45) is 0 Å². The molecule has 0 aliphatic carbocycles. The van der Waals surface area contributed by atoms with Gasteiger partial charge in [0.15, 0.2) is 11.6 Å². The van der Waals surface area contributed by atoms with Gasteiger partial charge in [-0.2, -0.15) is 0 Å². The predicted octanol–water partition coefficient (Wildman–Crippen LogP) is 2.93. The summed E-state index contributed by atoms with van der Waals surface area (Å²) >= 11 is 0. The summed E-state index contributed by atoms with van der Waals surface area (Å²) in [7, 11) is 0. The van der Waals surface area contributed by atoms with Crippen molar-refractivity contribution in [3.8, 4) is 0 Å². The predicted molar refractivity (Wildman–Crippen MR) is 87.5 cm³/mol. The smallest absolute Gasteiger partial charge is 0.315 e. The average Bonchev–Trinajstić information content (AvgIpc) is 2.57. The second kappa shape index (κ2) is 8.40. The van der Waals surface area contributed by atoms with Crippen LogP contribution in [0.15, 0.2) is 48.5 Å². The molecule has 0 bridgehead atoms. The summed E-state index contributed by atoms with van der Waals surface area (Å²) in [6.45, 7) is 2.03. The minimum Gasteiger partial charge on any atom is -0.386 e. The summed E-state index contributed by atoms with van der Waals surface area (Å²) < 4.78 is 26.1. The van der Waals surface area contributed by atoms with Gasteiger partial charge in [-0.05, 0) is 36.6 Å². The van der Waals surface area contributed by atoms with Crippen LogP contribution < -0.4 is 10.6 Å². The topological polar surface area (TPSA) is 61.4 Å². The van der Waals surface area contributed by atoms with Crippen LogP contribution in [-0.4, -0.2) is 23.7 Å². The van der Waals surface area contributed by atoms with Crippen molar-refractivity contribution < 1.29 is 18.7 Å². The number of nitrogens with one attached hydrogen (secondary N) is 2. The highest BCUT2D eigenvalue weighted by Gasteiger charge is 2.19. The van der Waals surface area contributed by atoms with E-state index in [0.29, 0.717) is 13.0 Å². The summed E-state index contributed by atoms with van der Waals surface area (Å²) in [5, 5.41) is 15.4. The number of amides is 2. The third-order valence-corrected chi connectivity index (χ3v) is 3.66. The molecule has 2 rings (SSSR count). The normalized spacial score (nSPS) is 13.2. The second-order valence-electron chi connectivity index (χ2n) is 5.54. The molecule has 2 atom stereocenters. The van der Waals surface area contributed by atoms with E-state index in [1.54, 1.807) is 6.92 Å². The van der Waals surface area contributed by atoms with Crippen LogP contribution in [0.5, 0.6) is 0 Å². The molecule has 0 aliphatic rings. The van der Waals surface area contributed by atoms with Gasteiger partial charge in [0.1, 0.15) is 0 Å². The lowest BCUT2D eigenvalue weighted by atomic mass is 10.0. The Hall–Kier alpha value is -2.47. The summed E-state index contributed by atoms with van der Waals surface area (Å²) in [5.41, 5.74) is 1.30. The monoisotopic (exact) mass is 334 g/mol. The molecule has 2 unspecified atom stereocenters. The molecular formula is C18H20F2N2O2. The Morgan fingerprint density at radius 3 is 2.50 bits per heavy atom. The first kappa shape index (κ1) is 17.9. The van der Waals surface area contributed by atoms with Crippen LogP contribution >= 0.6 is 0 Å². The molecule has 2 aromatic rings. The number of carbonyl (C=O) groups excluding carboxylic acids is 1. The van der Waals surface area contributed by atoms with E-state index in [1.807, 2.05) is 30.3 Å². The van der Waals surface area contributed by atoms with Crippen LogP contribution in [0, 0.1) is 11.6 Å². The molecule has 0 aromatic heterocycles. The Morgan fingerprint density at radius 1 is 1.12 bits per heavy atom. The maximum atomic E-state index is 13.2. The molecule has 0 spiro atoms. The molecule has 24 heavy (non-hydrogen) atoms. The number of urea groups is 1. The fourth-order valence-electron chi connectivity index (χ4n) is 2.29. The molecule has 0 saturated heterocycles. The molecule has 4 nitrogen and oxygen atoms in total. The van der Waals surface area contributed by atoms with Crippen LogP contribution in [0.2, 0.25) is 0 Å². The summed E-state index contributed by atoms with van der Waals surface area (Å²) in [6, 6.07) is 11.8. The molecule has 0 aliphatic heterocycles. The number of benzene rings is 2. The highest BCUT2D eigenvalue weighted by molar-refractivity contribution is 5.74. The molecule has 0 radical (unpaired) electrons. The lowest BCUT2D eigenvalue weighted by Gasteiger charge is -2.21. The highest BCUT2D eigenvalue weighted by Crippen LogP contribution is 2.19. The van der Waals surface area contributed by atoms with Crippen LogP contribution in [0.1, 0.15) is 24.2 Å². The van der Waals surface area contributed by atoms with E-state index >= 15 is 0 Å². The van der Waals surface area contributed by atoms with E-state index in [1.165, 1.54) is 6.07 Å². The lowest BCUT2D eigenvalue weighted by molar-refractivity contribution is 0.137. The molecule has 128 valence electrons. The number of hydrogen-bond acceptors (Lipinski definition) is 2. The quantitative estimate of drug-likeness (QED) is 0.761. The van der Waals surface area contributed by atoms with Crippen LogP contribution in [-0.2, 0) is 6.42 Å². The molecule has 2 aromatic carbocycles. The molecule has 0 fully saturated rings. The van der Waals surface area contributed by atoms with Crippen molar-refractivity contribution >= 4 is 6.03 Å². The SMILES string of the molecule is CC(NC(=O)NCCc1ccccc1)C(O)c1ccc(F)c(F)c1. The van der Waals surface area contributed by atoms with Crippen LogP contribution in [0.25, 0.3) is 0 Å². The minimum absolute atomic E-state index is 0.200. The number of hydrogen-bond donors (Lipinski definition) is 3. The third kappa shape index (κ3) is 5.03. The first-order chi connectivity index (χ1) is 11.5. The van der Waals surface area contributed by atoms with E-state index in [-0.39, 0.29) is 5.56 Å². The second-order valence-corrected chi connectivity index (χ2v) is 5.54. The molecular weight excluding hydrogens is 314 g/mol. The van der Waals surface area contributed by atoms with Crippen molar-refractivity contribution in [2.45, 2.75) is 25.5 Å². The van der Waals surface area contributed by atoms with Crippen molar-refractivity contribution in [1.29, 1.82) is 0 Å². The minimum atomic E-state index is -1.14. The Bertz CT molecular complexity index is 680. The average molecular weight is 334 g/mol. The van der Waals surface area contributed by atoms with Gasteiger partial charge in [0.05, 0.1) is 12.1 Å². The maximum absolute atomic E-state index is 13.2. The van der Waals surface area contributed by atoms with Gasteiger partial charge in [0, 0.05) is 6.54 Å². The standard InChI is InChI=1S/C18H20F2N2O2/c1-12(17(23)14-7-8-15(19)16(20)11-14)22-18(24)21-10-9-13-5-3-2-4-6-13/h2-8,11-12,17,23H,9-10H2,1H3,(H2,21,22,24). The molecule has 0 heterocycles. The molecule has 6 heteroatoms. The van der Waals surface area contributed by atoms with Crippen molar-refractivity contribution in [3.63, 3.8) is 0 Å². The van der Waals surface area contributed by atoms with Gasteiger partial charge in [-0.15, -0.1) is 0 Å². The Kier molecular flexibility index (Phi) is 6.26. The van der Waals surface area contributed by atoms with Gasteiger partial charge >= 0.3 is 6.03 Å². The van der Waals surface area contributed by atoms with Gasteiger partial charge in [-0.25, -0.2) is 13.6 Å². The number of rotatable bonds is 6. The number of halogens is 2. The summed E-state index contributed by atoms with van der Waals surface area (Å²) in [5.74, 6) is -2.02. The third-order valence-electron chi connectivity index (χ3n) is 3.66. The van der Waals surface area contributed by atoms with Crippen molar-refractivity contribution in [2.75, 3.05) is 6.54 Å². The van der Waals surface area contributed by atoms with E-state index < -0.39 is 29.8 Å². The maximum Gasteiger partial charge on any atom is 0.315 e. The van der Waals surface area contributed by atoms with Gasteiger partial charge in [0.25, 0.3) is 0 Å². The zero-order chi connectivity index (χ0) is 17.5. The number of aliphatic hydroxyl groups is 1. The largest absolute Gasteiger partial charge is 0.386 e. The fraction of sp³-hybridized carbons (Fsp3) is 0.278. The first-order valence-electron chi connectivity index (χ1n) is 7.68. The van der Waals surface area contributed by atoms with Crippen molar-refractivity contribution in [1.82, 2.24) is 10.6 Å². The van der Waals surface area contributed by atoms with Gasteiger partial charge in [-0.1, -0.05) is 36.4 Å². The summed E-state index contributed by atoms with van der Waals surface area (Å²) in [6.07, 6.45) is -0.450.